The van der Waals surface area contributed by atoms with Gasteiger partial charge in [-0.2, -0.15) is 5.10 Å². The molecule has 0 aliphatic rings. The molecule has 120 valence electrons. The Labute approximate surface area is 140 Å². The monoisotopic (exact) mass is 330 g/mol. The van der Waals surface area contributed by atoms with Crippen LogP contribution in [0.5, 0.6) is 0 Å². The molecule has 5 heteroatoms. The molecule has 3 nitrogen and oxygen atoms in total. The topological polar surface area (TPSA) is 41.5 Å². The highest BCUT2D eigenvalue weighted by molar-refractivity contribution is 7.99. The van der Waals surface area contributed by atoms with Crippen LogP contribution in [0.25, 0.3) is 0 Å². The summed E-state index contributed by atoms with van der Waals surface area (Å²) in [5.74, 6) is 0.693. The van der Waals surface area contributed by atoms with Crippen LogP contribution in [-0.2, 0) is 10.5 Å². The van der Waals surface area contributed by atoms with Crippen molar-refractivity contribution in [3.05, 3.63) is 71.0 Å². The lowest BCUT2D eigenvalue weighted by Crippen LogP contribution is -2.21. The number of carbonyl (C=O) groups excluding carboxylic acids is 1. The Kier molecular flexibility index (Phi) is 6.35. The zero-order valence-corrected chi connectivity index (χ0v) is 14.0. The Morgan fingerprint density at radius 2 is 1.87 bits per heavy atom. The minimum absolute atomic E-state index is 0.148. The smallest absolute Gasteiger partial charge is 0.250 e. The second-order valence-electron chi connectivity index (χ2n) is 5.16. The standard InChI is InChI=1S/C18H19FN2OS/c1-13-5-3-4-6-16(13)11-23-12-18(22)21-20-14(2)15-7-9-17(19)10-8-15/h3-10H,11-12H2,1-2H3,(H,21,22)/b20-14-. The van der Waals surface area contributed by atoms with Gasteiger partial charge in [0, 0.05) is 5.75 Å². The molecule has 23 heavy (non-hydrogen) atoms. The van der Waals surface area contributed by atoms with Crippen molar-refractivity contribution in [2.45, 2.75) is 19.6 Å². The highest BCUT2D eigenvalue weighted by atomic mass is 32.2. The number of amides is 1. The lowest BCUT2D eigenvalue weighted by molar-refractivity contribution is -0.118. The molecule has 2 aromatic carbocycles. The summed E-state index contributed by atoms with van der Waals surface area (Å²) in [5, 5.41) is 4.05. The van der Waals surface area contributed by atoms with Crippen LogP contribution in [0.15, 0.2) is 53.6 Å². The first-order chi connectivity index (χ1) is 11.1. The quantitative estimate of drug-likeness (QED) is 0.644. The fraction of sp³-hybridized carbons (Fsp3) is 0.222. The molecule has 2 rings (SSSR count). The lowest BCUT2D eigenvalue weighted by Gasteiger charge is -2.05. The normalized spacial score (nSPS) is 11.3. The van der Waals surface area contributed by atoms with Crippen molar-refractivity contribution in [3.8, 4) is 0 Å². The fourth-order valence-electron chi connectivity index (χ4n) is 1.96. The summed E-state index contributed by atoms with van der Waals surface area (Å²) >= 11 is 1.55. The van der Waals surface area contributed by atoms with Crippen LogP contribution in [-0.4, -0.2) is 17.4 Å². The number of nitrogens with zero attached hydrogens (tertiary/aromatic N) is 1. The molecule has 0 fully saturated rings. The zero-order valence-electron chi connectivity index (χ0n) is 13.2. The van der Waals surface area contributed by atoms with Gasteiger partial charge in [-0.25, -0.2) is 9.82 Å². The Bertz CT molecular complexity index is 698. The molecule has 0 aliphatic carbocycles. The Morgan fingerprint density at radius 3 is 2.57 bits per heavy atom. The molecule has 0 unspecified atom stereocenters. The predicted octanol–water partition coefficient (Wildman–Crippen LogP) is 3.91. The van der Waals surface area contributed by atoms with E-state index in [9.17, 15) is 9.18 Å². The molecule has 0 saturated heterocycles. The SMILES string of the molecule is C/C(=N/NC(=O)CSCc1ccccc1C)c1ccc(F)cc1. The van der Waals surface area contributed by atoms with E-state index in [1.54, 1.807) is 30.8 Å². The van der Waals surface area contributed by atoms with E-state index in [0.717, 1.165) is 11.3 Å². The summed E-state index contributed by atoms with van der Waals surface area (Å²) in [5.41, 5.74) is 6.41. The van der Waals surface area contributed by atoms with Crippen molar-refractivity contribution in [2.75, 3.05) is 5.75 Å². The van der Waals surface area contributed by atoms with Crippen LogP contribution in [0, 0.1) is 12.7 Å². The molecule has 0 aliphatic heterocycles. The average Bonchev–Trinajstić information content (AvgIpc) is 2.55. The third kappa shape index (κ3) is 5.53. The lowest BCUT2D eigenvalue weighted by atomic mass is 10.1. The van der Waals surface area contributed by atoms with Gasteiger partial charge in [0.2, 0.25) is 5.91 Å². The summed E-state index contributed by atoms with van der Waals surface area (Å²) in [4.78, 5) is 11.8. The maximum atomic E-state index is 12.9. The summed E-state index contributed by atoms with van der Waals surface area (Å²) in [6.45, 7) is 3.83. The van der Waals surface area contributed by atoms with Crippen LogP contribution >= 0.6 is 11.8 Å². The van der Waals surface area contributed by atoms with Crippen LogP contribution in [0.1, 0.15) is 23.6 Å². The molecular weight excluding hydrogens is 311 g/mol. The molecule has 0 spiro atoms. The van der Waals surface area contributed by atoms with Crippen molar-refractivity contribution in [3.63, 3.8) is 0 Å². The number of hydrogen-bond donors (Lipinski definition) is 1. The number of halogens is 1. The maximum absolute atomic E-state index is 12.9. The molecule has 1 N–H and O–H groups in total. The minimum atomic E-state index is -0.293. The van der Waals surface area contributed by atoms with E-state index in [4.69, 9.17) is 0 Å². The van der Waals surface area contributed by atoms with Crippen LogP contribution in [0.3, 0.4) is 0 Å². The van der Waals surface area contributed by atoms with E-state index in [0.29, 0.717) is 11.5 Å². The Morgan fingerprint density at radius 1 is 1.17 bits per heavy atom. The average molecular weight is 330 g/mol. The van der Waals surface area contributed by atoms with Crippen LogP contribution in [0.2, 0.25) is 0 Å². The highest BCUT2D eigenvalue weighted by Gasteiger charge is 2.04. The van der Waals surface area contributed by atoms with Crippen molar-refractivity contribution in [2.24, 2.45) is 5.10 Å². The van der Waals surface area contributed by atoms with E-state index in [-0.39, 0.29) is 11.7 Å². The van der Waals surface area contributed by atoms with Gasteiger partial charge in [-0.1, -0.05) is 36.4 Å². The number of benzene rings is 2. The molecule has 2 aromatic rings. The number of thioether (sulfide) groups is 1. The number of hydrazone groups is 1. The molecular formula is C18H19FN2OS. The van der Waals surface area contributed by atoms with E-state index in [1.807, 2.05) is 12.1 Å². The second kappa shape index (κ2) is 8.48. The van der Waals surface area contributed by atoms with Crippen molar-refractivity contribution in [1.82, 2.24) is 5.43 Å². The van der Waals surface area contributed by atoms with Gasteiger partial charge in [0.1, 0.15) is 5.82 Å². The van der Waals surface area contributed by atoms with E-state index < -0.39 is 0 Å². The van der Waals surface area contributed by atoms with Gasteiger partial charge in [0.25, 0.3) is 0 Å². The molecule has 1 amide bonds. The van der Waals surface area contributed by atoms with Crippen molar-refractivity contribution >= 4 is 23.4 Å². The summed E-state index contributed by atoms with van der Waals surface area (Å²) in [6.07, 6.45) is 0. The van der Waals surface area contributed by atoms with E-state index in [2.05, 4.69) is 29.6 Å². The number of nitrogens with one attached hydrogen (secondary N) is 1. The minimum Gasteiger partial charge on any atom is -0.272 e. The number of aryl methyl sites for hydroxylation is 1. The van der Waals surface area contributed by atoms with Gasteiger partial charge >= 0.3 is 0 Å². The number of carbonyl (C=O) groups is 1. The predicted molar refractivity (Wildman–Crippen MR) is 94.1 cm³/mol. The summed E-state index contributed by atoms with van der Waals surface area (Å²) < 4.78 is 12.9. The van der Waals surface area contributed by atoms with Crippen molar-refractivity contribution in [1.29, 1.82) is 0 Å². The molecule has 0 atom stereocenters. The first-order valence-corrected chi connectivity index (χ1v) is 8.43. The zero-order chi connectivity index (χ0) is 16.7. The third-order valence-electron chi connectivity index (χ3n) is 3.36. The first kappa shape index (κ1) is 17.2. The second-order valence-corrected chi connectivity index (χ2v) is 6.14. The number of hydrogen-bond acceptors (Lipinski definition) is 3. The van der Waals surface area contributed by atoms with Crippen LogP contribution < -0.4 is 5.43 Å². The number of rotatable bonds is 6. The van der Waals surface area contributed by atoms with Gasteiger partial charge in [-0.3, -0.25) is 4.79 Å². The van der Waals surface area contributed by atoms with Gasteiger partial charge in [0.05, 0.1) is 11.5 Å². The van der Waals surface area contributed by atoms with Gasteiger partial charge in [0.15, 0.2) is 0 Å². The largest absolute Gasteiger partial charge is 0.272 e. The molecule has 0 heterocycles. The highest BCUT2D eigenvalue weighted by Crippen LogP contribution is 2.15. The summed E-state index contributed by atoms with van der Waals surface area (Å²) in [7, 11) is 0. The fourth-order valence-corrected chi connectivity index (χ4v) is 2.86. The molecule has 0 bridgehead atoms. The van der Waals surface area contributed by atoms with Crippen molar-refractivity contribution < 1.29 is 9.18 Å². The molecule has 0 aromatic heterocycles. The maximum Gasteiger partial charge on any atom is 0.250 e. The van der Waals surface area contributed by atoms with Gasteiger partial charge in [-0.15, -0.1) is 11.8 Å². The first-order valence-electron chi connectivity index (χ1n) is 7.27. The van der Waals surface area contributed by atoms with E-state index >= 15 is 0 Å². The Hall–Kier alpha value is -2.14. The van der Waals surface area contributed by atoms with Gasteiger partial charge in [-0.05, 0) is 42.7 Å². The van der Waals surface area contributed by atoms with Crippen LogP contribution in [0.4, 0.5) is 4.39 Å². The Balaban J connectivity index is 1.79. The van der Waals surface area contributed by atoms with E-state index in [1.165, 1.54) is 23.3 Å². The summed E-state index contributed by atoms with van der Waals surface area (Å²) in [6, 6.07) is 14.1. The van der Waals surface area contributed by atoms with Gasteiger partial charge < -0.3 is 0 Å². The molecule has 0 saturated carbocycles. The third-order valence-corrected chi connectivity index (χ3v) is 4.34. The molecule has 0 radical (unpaired) electrons.